The number of benzene rings is 2. The number of amides is 4. The molecule has 0 fully saturated rings. The average molecular weight is 481 g/mol. The van der Waals surface area contributed by atoms with Crippen LogP contribution in [0.2, 0.25) is 5.02 Å². The van der Waals surface area contributed by atoms with Crippen LogP contribution in [0.25, 0.3) is 11.1 Å². The fourth-order valence-corrected chi connectivity index (χ4v) is 4.03. The number of aromatic amines is 1. The summed E-state index contributed by atoms with van der Waals surface area (Å²) in [7, 11) is 1.54. The molecule has 2 aromatic carbocycles. The molecule has 174 valence electrons. The number of nitrogens with one attached hydrogen (secondary N) is 3. The highest BCUT2D eigenvalue weighted by Gasteiger charge is 2.30. The molecule has 1 aliphatic heterocycles. The van der Waals surface area contributed by atoms with Crippen molar-refractivity contribution in [2.45, 2.75) is 12.6 Å². The van der Waals surface area contributed by atoms with E-state index in [1.807, 2.05) is 18.2 Å². The van der Waals surface area contributed by atoms with Crippen LogP contribution in [-0.2, 0) is 11.3 Å². The fourth-order valence-electron chi connectivity index (χ4n) is 3.85. The Kier molecular flexibility index (Phi) is 6.65. The second-order valence-corrected chi connectivity index (χ2v) is 8.09. The van der Waals surface area contributed by atoms with E-state index in [1.165, 1.54) is 7.11 Å². The lowest BCUT2D eigenvalue weighted by Crippen LogP contribution is -2.42. The van der Waals surface area contributed by atoms with Gasteiger partial charge in [-0.1, -0.05) is 41.9 Å². The van der Waals surface area contributed by atoms with Gasteiger partial charge in [-0.25, -0.2) is 4.79 Å². The van der Waals surface area contributed by atoms with Crippen LogP contribution < -0.4 is 20.9 Å². The van der Waals surface area contributed by atoms with Crippen molar-refractivity contribution in [2.75, 3.05) is 13.7 Å². The van der Waals surface area contributed by atoms with E-state index in [1.54, 1.807) is 41.4 Å². The van der Waals surface area contributed by atoms with Crippen LogP contribution in [-0.4, -0.2) is 41.9 Å². The quantitative estimate of drug-likeness (QED) is 0.449. The minimum atomic E-state index is -0.678. The summed E-state index contributed by atoms with van der Waals surface area (Å²) in [5.74, 6) is 0.419. The molecule has 0 saturated heterocycles. The lowest BCUT2D eigenvalue weighted by molar-refractivity contribution is -0.108. The van der Waals surface area contributed by atoms with Crippen molar-refractivity contribution in [2.24, 2.45) is 0 Å². The summed E-state index contributed by atoms with van der Waals surface area (Å²) in [6, 6.07) is 12.9. The third-order valence-electron chi connectivity index (χ3n) is 5.60. The number of carbonyl (C=O) groups is 3. The number of halogens is 1. The molecular formula is C24H21ClN4O5. The topological polar surface area (TPSA) is 121 Å². The second-order valence-electron chi connectivity index (χ2n) is 7.68. The number of hydrogen-bond donors (Lipinski definition) is 3. The van der Waals surface area contributed by atoms with Gasteiger partial charge in [0, 0.05) is 24.8 Å². The predicted molar refractivity (Wildman–Crippen MR) is 126 cm³/mol. The Bertz CT molecular complexity index is 1310. The normalized spacial score (nSPS) is 13.2. The molecule has 9 nitrogen and oxygen atoms in total. The van der Waals surface area contributed by atoms with Gasteiger partial charge in [0.1, 0.15) is 10.8 Å². The van der Waals surface area contributed by atoms with E-state index >= 15 is 0 Å². The fraction of sp³-hybridized carbons (Fsp3) is 0.167. The molecule has 1 aliphatic rings. The number of rotatable bonds is 7. The Morgan fingerprint density at radius 2 is 1.94 bits per heavy atom. The van der Waals surface area contributed by atoms with E-state index in [-0.39, 0.29) is 23.0 Å². The van der Waals surface area contributed by atoms with Crippen molar-refractivity contribution >= 4 is 29.9 Å². The molecule has 2 heterocycles. The lowest BCUT2D eigenvalue weighted by atomic mass is 10.0. The van der Waals surface area contributed by atoms with Crippen molar-refractivity contribution in [1.82, 2.24) is 20.5 Å². The Morgan fingerprint density at radius 1 is 1.18 bits per heavy atom. The van der Waals surface area contributed by atoms with Gasteiger partial charge in [0.25, 0.3) is 11.5 Å². The molecule has 0 saturated carbocycles. The van der Waals surface area contributed by atoms with Crippen molar-refractivity contribution in [3.63, 3.8) is 0 Å². The van der Waals surface area contributed by atoms with Crippen LogP contribution >= 0.6 is 11.6 Å². The Labute approximate surface area is 199 Å². The summed E-state index contributed by atoms with van der Waals surface area (Å²) in [4.78, 5) is 51.5. The van der Waals surface area contributed by atoms with Crippen molar-refractivity contribution in [1.29, 1.82) is 0 Å². The maximum Gasteiger partial charge on any atom is 0.321 e. The summed E-state index contributed by atoms with van der Waals surface area (Å²) < 4.78 is 5.22. The molecule has 0 radical (unpaired) electrons. The Morgan fingerprint density at radius 3 is 2.62 bits per heavy atom. The number of methoxy groups -OCH3 is 1. The zero-order valence-corrected chi connectivity index (χ0v) is 18.9. The molecule has 4 amide bonds. The zero-order valence-electron chi connectivity index (χ0n) is 18.1. The number of hydrogen-bond acceptors (Lipinski definition) is 5. The molecule has 4 rings (SSSR count). The Balaban J connectivity index is 1.58. The van der Waals surface area contributed by atoms with Gasteiger partial charge in [-0.2, -0.15) is 0 Å². The summed E-state index contributed by atoms with van der Waals surface area (Å²) in [6.45, 7) is 0.575. The minimum Gasteiger partial charge on any atom is -0.497 e. The van der Waals surface area contributed by atoms with Crippen molar-refractivity contribution in [3.05, 3.63) is 86.8 Å². The number of carbonyl (C=O) groups excluding carboxylic acids is 3. The van der Waals surface area contributed by atoms with Crippen LogP contribution in [0.3, 0.4) is 0 Å². The lowest BCUT2D eigenvalue weighted by Gasteiger charge is -2.25. The molecule has 0 unspecified atom stereocenters. The molecular weight excluding hydrogens is 460 g/mol. The molecule has 3 aromatic rings. The smallest absolute Gasteiger partial charge is 0.321 e. The van der Waals surface area contributed by atoms with Gasteiger partial charge >= 0.3 is 6.03 Å². The second kappa shape index (κ2) is 9.80. The number of ether oxygens (including phenoxy) is 1. The molecule has 34 heavy (non-hydrogen) atoms. The van der Waals surface area contributed by atoms with E-state index in [4.69, 9.17) is 16.3 Å². The predicted octanol–water partition coefficient (Wildman–Crippen LogP) is 2.86. The third kappa shape index (κ3) is 4.79. The maximum absolute atomic E-state index is 13.0. The van der Waals surface area contributed by atoms with Crippen LogP contribution in [0.1, 0.15) is 27.5 Å². The van der Waals surface area contributed by atoms with Crippen LogP contribution in [0.4, 0.5) is 4.79 Å². The number of H-pyrrole nitrogens is 1. The van der Waals surface area contributed by atoms with Crippen LogP contribution in [0.15, 0.2) is 59.5 Å². The highest BCUT2D eigenvalue weighted by atomic mass is 35.5. The van der Waals surface area contributed by atoms with Crippen LogP contribution in [0.5, 0.6) is 5.75 Å². The number of urea groups is 1. The minimum absolute atomic E-state index is 0.0791. The average Bonchev–Trinajstić information content (AvgIpc) is 3.15. The van der Waals surface area contributed by atoms with Gasteiger partial charge in [0.15, 0.2) is 0 Å². The number of pyridine rings is 1. The Hall–Kier alpha value is -4.11. The molecule has 1 aromatic heterocycles. The highest BCUT2D eigenvalue weighted by Crippen LogP contribution is 2.29. The van der Waals surface area contributed by atoms with Crippen LogP contribution in [0, 0.1) is 0 Å². The summed E-state index contributed by atoms with van der Waals surface area (Å²) in [6.07, 6.45) is 1.85. The zero-order chi connectivity index (χ0) is 24.2. The van der Waals surface area contributed by atoms with Gasteiger partial charge < -0.3 is 19.9 Å². The summed E-state index contributed by atoms with van der Waals surface area (Å²) in [5.41, 5.74) is 3.30. The SMILES string of the molecule is COc1ccc2c(c1)C(=O)N(C[C@H](NC(=O)NC=O)c1ccc(-c3c[nH]c(=O)c(Cl)c3)cc1)C2. The molecule has 0 aliphatic carbocycles. The number of aromatic nitrogens is 1. The monoisotopic (exact) mass is 480 g/mol. The largest absolute Gasteiger partial charge is 0.497 e. The molecule has 0 bridgehead atoms. The molecule has 10 heteroatoms. The van der Waals surface area contributed by atoms with E-state index in [9.17, 15) is 19.2 Å². The third-order valence-corrected chi connectivity index (χ3v) is 5.88. The first-order chi connectivity index (χ1) is 16.4. The van der Waals surface area contributed by atoms with Gasteiger partial charge in [0.05, 0.1) is 13.2 Å². The van der Waals surface area contributed by atoms with Gasteiger partial charge in [-0.3, -0.25) is 19.7 Å². The molecule has 3 N–H and O–H groups in total. The van der Waals surface area contributed by atoms with E-state index in [2.05, 4.69) is 15.6 Å². The molecule has 0 spiro atoms. The van der Waals surface area contributed by atoms with Crippen molar-refractivity contribution in [3.8, 4) is 16.9 Å². The van der Waals surface area contributed by atoms with E-state index in [0.29, 0.717) is 24.3 Å². The highest BCUT2D eigenvalue weighted by molar-refractivity contribution is 6.30. The van der Waals surface area contributed by atoms with E-state index in [0.717, 1.165) is 22.3 Å². The first kappa shape index (κ1) is 23.1. The van der Waals surface area contributed by atoms with Gasteiger partial charge in [-0.15, -0.1) is 0 Å². The van der Waals surface area contributed by atoms with E-state index < -0.39 is 12.1 Å². The molecule has 1 atom stereocenters. The number of nitrogens with zero attached hydrogens (tertiary/aromatic N) is 1. The maximum atomic E-state index is 13.0. The van der Waals surface area contributed by atoms with Gasteiger partial charge in [0.2, 0.25) is 6.41 Å². The summed E-state index contributed by atoms with van der Waals surface area (Å²) in [5, 5.41) is 4.88. The summed E-state index contributed by atoms with van der Waals surface area (Å²) >= 11 is 5.93. The number of imide groups is 1. The number of fused-ring (bicyclic) bond motifs is 1. The van der Waals surface area contributed by atoms with Crippen molar-refractivity contribution < 1.29 is 19.1 Å². The first-order valence-corrected chi connectivity index (χ1v) is 10.7. The first-order valence-electron chi connectivity index (χ1n) is 10.3. The van der Waals surface area contributed by atoms with Gasteiger partial charge in [-0.05, 0) is 40.5 Å². The standard InChI is InChI=1S/C24H21ClN4O5/c1-34-18-7-6-16-11-29(23(32)19(16)9-18)12-21(28-24(33)27-13-30)15-4-2-14(3-5-15)17-8-20(25)22(31)26-10-17/h2-10,13,21H,11-12H2,1H3,(H,26,31)(H2,27,28,30,33)/t21-/m0/s1.